The summed E-state index contributed by atoms with van der Waals surface area (Å²) in [6, 6.07) is 16.1. The first-order chi connectivity index (χ1) is 14.3. The molecule has 1 aliphatic heterocycles. The highest BCUT2D eigenvalue weighted by Gasteiger charge is 2.16. The summed E-state index contributed by atoms with van der Waals surface area (Å²) in [6.07, 6.45) is 1.78. The minimum absolute atomic E-state index is 0.676. The molecular formula is C22H24N4O2S. The highest BCUT2D eigenvalue weighted by molar-refractivity contribution is 7.97. The molecule has 1 aromatic carbocycles. The fourth-order valence-electron chi connectivity index (χ4n) is 3.12. The van der Waals surface area contributed by atoms with Crippen LogP contribution in [0.5, 0.6) is 5.75 Å². The van der Waals surface area contributed by atoms with Gasteiger partial charge in [-0.05, 0) is 29.8 Å². The van der Waals surface area contributed by atoms with Crippen molar-refractivity contribution in [2.45, 2.75) is 11.5 Å². The summed E-state index contributed by atoms with van der Waals surface area (Å²) >= 11 is 1.84. The molecule has 150 valence electrons. The van der Waals surface area contributed by atoms with Crippen LogP contribution in [-0.4, -0.2) is 48.4 Å². The molecule has 3 heterocycles. The van der Waals surface area contributed by atoms with Crippen LogP contribution >= 0.6 is 11.8 Å². The number of hydrogen-bond acceptors (Lipinski definition) is 7. The molecule has 0 N–H and O–H groups in total. The molecule has 7 heteroatoms. The number of nitrogens with zero attached hydrogens (tertiary/aromatic N) is 4. The van der Waals surface area contributed by atoms with Crippen LogP contribution < -0.4 is 9.64 Å². The molecule has 0 saturated carbocycles. The Bertz CT molecular complexity index is 916. The molecule has 29 heavy (non-hydrogen) atoms. The molecule has 1 saturated heterocycles. The van der Waals surface area contributed by atoms with Gasteiger partial charge in [0.2, 0.25) is 0 Å². The van der Waals surface area contributed by atoms with E-state index in [1.165, 1.54) is 5.56 Å². The third-order valence-corrected chi connectivity index (χ3v) is 5.71. The molecule has 4 rings (SSSR count). The maximum absolute atomic E-state index is 5.49. The Hall–Kier alpha value is -2.64. The Morgan fingerprint density at radius 3 is 2.59 bits per heavy atom. The maximum Gasteiger partial charge on any atom is 0.180 e. The number of ether oxygens (including phenoxy) is 2. The van der Waals surface area contributed by atoms with Crippen molar-refractivity contribution in [1.29, 1.82) is 0 Å². The zero-order chi connectivity index (χ0) is 19.9. The number of rotatable bonds is 7. The topological polar surface area (TPSA) is 60.4 Å². The Morgan fingerprint density at radius 1 is 1.03 bits per heavy atom. The summed E-state index contributed by atoms with van der Waals surface area (Å²) in [5.41, 5.74) is 3.08. The van der Waals surface area contributed by atoms with Gasteiger partial charge in [-0.1, -0.05) is 18.2 Å². The molecule has 3 aromatic rings. The molecule has 0 unspecified atom stereocenters. The van der Waals surface area contributed by atoms with Crippen molar-refractivity contribution in [3.63, 3.8) is 0 Å². The van der Waals surface area contributed by atoms with Gasteiger partial charge in [-0.25, -0.2) is 9.97 Å². The summed E-state index contributed by atoms with van der Waals surface area (Å²) < 4.78 is 10.7. The maximum atomic E-state index is 5.49. The van der Waals surface area contributed by atoms with E-state index in [9.17, 15) is 0 Å². The van der Waals surface area contributed by atoms with Crippen molar-refractivity contribution < 1.29 is 9.47 Å². The monoisotopic (exact) mass is 408 g/mol. The summed E-state index contributed by atoms with van der Waals surface area (Å²) in [5.74, 6) is 4.23. The fourth-order valence-corrected chi connectivity index (χ4v) is 4.00. The van der Waals surface area contributed by atoms with Gasteiger partial charge in [0.05, 0.1) is 26.0 Å². The standard InChI is InChI=1S/C22H24N4O2S/c1-27-19-7-5-17(6-8-19)15-29-16-18-14-21(26-10-12-28-13-11-26)25-22(24-18)20-4-2-3-9-23-20/h2-9,14H,10-13,15-16H2,1H3. The first-order valence-electron chi connectivity index (χ1n) is 9.64. The van der Waals surface area contributed by atoms with Crippen LogP contribution in [0, 0.1) is 0 Å². The lowest BCUT2D eigenvalue weighted by atomic mass is 10.2. The summed E-state index contributed by atoms with van der Waals surface area (Å²) in [5, 5.41) is 0. The first kappa shape index (κ1) is 19.7. The predicted molar refractivity (Wildman–Crippen MR) is 116 cm³/mol. The number of aromatic nitrogens is 3. The highest BCUT2D eigenvalue weighted by Crippen LogP contribution is 2.24. The smallest absolute Gasteiger partial charge is 0.180 e. The molecule has 0 bridgehead atoms. The van der Waals surface area contributed by atoms with Crippen LogP contribution in [0.1, 0.15) is 11.3 Å². The fraction of sp³-hybridized carbons (Fsp3) is 0.318. The van der Waals surface area contributed by atoms with Gasteiger partial charge < -0.3 is 14.4 Å². The second-order valence-electron chi connectivity index (χ2n) is 6.70. The van der Waals surface area contributed by atoms with E-state index < -0.39 is 0 Å². The first-order valence-corrected chi connectivity index (χ1v) is 10.8. The molecule has 0 aliphatic carbocycles. The summed E-state index contributed by atoms with van der Waals surface area (Å²) in [7, 11) is 1.68. The normalized spacial score (nSPS) is 14.0. The third kappa shape index (κ3) is 5.25. The van der Waals surface area contributed by atoms with Gasteiger partial charge in [0.25, 0.3) is 0 Å². The molecule has 1 aliphatic rings. The van der Waals surface area contributed by atoms with Crippen LogP contribution in [0.4, 0.5) is 5.82 Å². The van der Waals surface area contributed by atoms with Gasteiger partial charge in [0.15, 0.2) is 5.82 Å². The second-order valence-corrected chi connectivity index (χ2v) is 7.68. The van der Waals surface area contributed by atoms with Gasteiger partial charge in [-0.15, -0.1) is 0 Å². The highest BCUT2D eigenvalue weighted by atomic mass is 32.2. The van der Waals surface area contributed by atoms with E-state index >= 15 is 0 Å². The van der Waals surface area contributed by atoms with E-state index in [-0.39, 0.29) is 0 Å². The van der Waals surface area contributed by atoms with Crippen LogP contribution in [0.25, 0.3) is 11.5 Å². The molecule has 0 atom stereocenters. The molecule has 0 spiro atoms. The lowest BCUT2D eigenvalue weighted by Gasteiger charge is -2.28. The Balaban J connectivity index is 1.51. The largest absolute Gasteiger partial charge is 0.497 e. The zero-order valence-corrected chi connectivity index (χ0v) is 17.3. The van der Waals surface area contributed by atoms with Crippen molar-refractivity contribution >= 4 is 17.6 Å². The Kier molecular flexibility index (Phi) is 6.59. The van der Waals surface area contributed by atoms with E-state index in [1.807, 2.05) is 42.1 Å². The van der Waals surface area contributed by atoms with Crippen LogP contribution in [0.15, 0.2) is 54.7 Å². The van der Waals surface area contributed by atoms with Gasteiger partial charge >= 0.3 is 0 Å². The van der Waals surface area contributed by atoms with Crippen molar-refractivity contribution in [3.8, 4) is 17.3 Å². The second kappa shape index (κ2) is 9.71. The molecule has 2 aromatic heterocycles. The quantitative estimate of drug-likeness (QED) is 0.589. The molecule has 0 amide bonds. The van der Waals surface area contributed by atoms with E-state index in [0.717, 1.165) is 60.8 Å². The van der Waals surface area contributed by atoms with E-state index in [2.05, 4.69) is 28.1 Å². The predicted octanol–water partition coefficient (Wildman–Crippen LogP) is 3.82. The number of methoxy groups -OCH3 is 1. The van der Waals surface area contributed by atoms with Gasteiger partial charge in [-0.2, -0.15) is 11.8 Å². The SMILES string of the molecule is COc1ccc(CSCc2cc(N3CCOCC3)nc(-c3ccccn3)n2)cc1. The molecule has 1 fully saturated rings. The van der Waals surface area contributed by atoms with Crippen LogP contribution in [-0.2, 0) is 16.2 Å². The molecular weight excluding hydrogens is 384 g/mol. The van der Waals surface area contributed by atoms with E-state index in [0.29, 0.717) is 5.82 Å². The van der Waals surface area contributed by atoms with Gasteiger partial charge in [-0.3, -0.25) is 4.98 Å². The third-order valence-electron chi connectivity index (χ3n) is 4.67. The van der Waals surface area contributed by atoms with Crippen molar-refractivity contribution in [2.24, 2.45) is 0 Å². The van der Waals surface area contributed by atoms with Crippen LogP contribution in [0.2, 0.25) is 0 Å². The number of pyridine rings is 1. The molecule has 0 radical (unpaired) electrons. The number of thioether (sulfide) groups is 1. The summed E-state index contributed by atoms with van der Waals surface area (Å²) in [6.45, 7) is 3.14. The number of anilines is 1. The lowest BCUT2D eigenvalue weighted by molar-refractivity contribution is 0.122. The summed E-state index contributed by atoms with van der Waals surface area (Å²) in [4.78, 5) is 16.3. The average Bonchev–Trinajstić information content (AvgIpc) is 2.80. The van der Waals surface area contributed by atoms with Crippen molar-refractivity contribution in [1.82, 2.24) is 15.0 Å². The van der Waals surface area contributed by atoms with E-state index in [4.69, 9.17) is 19.4 Å². The van der Waals surface area contributed by atoms with E-state index in [1.54, 1.807) is 13.3 Å². The van der Waals surface area contributed by atoms with Gasteiger partial charge in [0.1, 0.15) is 17.3 Å². The van der Waals surface area contributed by atoms with Crippen molar-refractivity contribution in [3.05, 3.63) is 66.0 Å². The zero-order valence-electron chi connectivity index (χ0n) is 16.5. The Labute approximate surface area is 175 Å². The van der Waals surface area contributed by atoms with Gasteiger partial charge in [0, 0.05) is 36.9 Å². The minimum Gasteiger partial charge on any atom is -0.497 e. The molecule has 6 nitrogen and oxygen atoms in total. The lowest BCUT2D eigenvalue weighted by Crippen LogP contribution is -2.37. The number of morpholine rings is 1. The number of benzene rings is 1. The average molecular weight is 409 g/mol. The Morgan fingerprint density at radius 2 is 1.86 bits per heavy atom. The van der Waals surface area contributed by atoms with Crippen molar-refractivity contribution in [2.75, 3.05) is 38.3 Å². The van der Waals surface area contributed by atoms with Crippen LogP contribution in [0.3, 0.4) is 0 Å². The number of hydrogen-bond donors (Lipinski definition) is 0. The minimum atomic E-state index is 0.676.